The van der Waals surface area contributed by atoms with Crippen LogP contribution in [-0.2, 0) is 19.1 Å². The molecule has 0 aromatic heterocycles. The molecular weight excluding hydrogens is 172 g/mol. The second-order valence-electron chi connectivity index (χ2n) is 1.83. The highest BCUT2D eigenvalue weighted by Crippen LogP contribution is 1.97. The molecule has 5 heteroatoms. The largest absolute Gasteiger partial charge is 0.463 e. The average molecular weight is 181 g/mol. The second-order valence-corrected chi connectivity index (χ2v) is 2.20. The van der Waals surface area contributed by atoms with Gasteiger partial charge in [0.05, 0.1) is 0 Å². The molecular formula is C6H9ClO4. The number of hydrogen-bond acceptors (Lipinski definition) is 4. The molecule has 0 radical (unpaired) electrons. The van der Waals surface area contributed by atoms with Crippen LogP contribution in [-0.4, -0.2) is 31.0 Å². The highest BCUT2D eigenvalue weighted by molar-refractivity contribution is 6.64. The van der Waals surface area contributed by atoms with Gasteiger partial charge in [-0.1, -0.05) is 0 Å². The van der Waals surface area contributed by atoms with Crippen molar-refractivity contribution in [3.8, 4) is 0 Å². The molecule has 0 saturated carbocycles. The van der Waals surface area contributed by atoms with Crippen LogP contribution in [0.1, 0.15) is 6.92 Å². The van der Waals surface area contributed by atoms with Crippen molar-refractivity contribution in [3.63, 3.8) is 0 Å². The minimum Gasteiger partial charge on any atom is -0.463 e. The van der Waals surface area contributed by atoms with Gasteiger partial charge in [-0.2, -0.15) is 0 Å². The molecule has 0 aromatic rings. The van der Waals surface area contributed by atoms with Crippen molar-refractivity contribution in [1.82, 2.24) is 0 Å². The number of hydrogen-bond donors (Lipinski definition) is 0. The van der Waals surface area contributed by atoms with Crippen LogP contribution in [0.5, 0.6) is 0 Å². The van der Waals surface area contributed by atoms with Crippen molar-refractivity contribution in [2.75, 3.05) is 13.7 Å². The van der Waals surface area contributed by atoms with Gasteiger partial charge >= 0.3 is 5.97 Å². The van der Waals surface area contributed by atoms with Crippen LogP contribution in [0.15, 0.2) is 0 Å². The van der Waals surface area contributed by atoms with Crippen LogP contribution >= 0.6 is 11.6 Å². The van der Waals surface area contributed by atoms with E-state index in [-0.39, 0.29) is 6.61 Å². The summed E-state index contributed by atoms with van der Waals surface area (Å²) in [5.41, 5.74) is 0. The van der Waals surface area contributed by atoms with E-state index in [0.29, 0.717) is 0 Å². The van der Waals surface area contributed by atoms with Gasteiger partial charge in [-0.25, -0.2) is 0 Å². The van der Waals surface area contributed by atoms with E-state index >= 15 is 0 Å². The maximum absolute atomic E-state index is 10.4. The first-order valence-electron chi connectivity index (χ1n) is 2.93. The van der Waals surface area contributed by atoms with E-state index < -0.39 is 17.3 Å². The highest BCUT2D eigenvalue weighted by atomic mass is 35.5. The van der Waals surface area contributed by atoms with Crippen molar-refractivity contribution in [2.45, 2.75) is 13.0 Å². The molecule has 0 aliphatic rings. The zero-order valence-electron chi connectivity index (χ0n) is 6.30. The third-order valence-electron chi connectivity index (χ3n) is 0.976. The molecule has 0 saturated heterocycles. The van der Waals surface area contributed by atoms with Gasteiger partial charge in [0.25, 0.3) is 5.24 Å². The lowest BCUT2D eigenvalue weighted by atomic mass is 10.4. The summed E-state index contributed by atoms with van der Waals surface area (Å²) >= 11 is 5.07. The lowest BCUT2D eigenvalue weighted by Crippen LogP contribution is -2.25. The predicted molar refractivity (Wildman–Crippen MR) is 38.3 cm³/mol. The topological polar surface area (TPSA) is 52.6 Å². The van der Waals surface area contributed by atoms with E-state index in [4.69, 9.17) is 11.6 Å². The Bertz CT molecular complexity index is 157. The molecule has 0 bridgehead atoms. The van der Waals surface area contributed by atoms with E-state index in [9.17, 15) is 9.59 Å². The number of esters is 1. The van der Waals surface area contributed by atoms with Crippen LogP contribution < -0.4 is 0 Å². The fourth-order valence-electron chi connectivity index (χ4n) is 0.419. The molecule has 4 nitrogen and oxygen atoms in total. The first kappa shape index (κ1) is 10.4. The van der Waals surface area contributed by atoms with Crippen molar-refractivity contribution < 1.29 is 19.1 Å². The van der Waals surface area contributed by atoms with E-state index in [0.717, 1.165) is 0 Å². The van der Waals surface area contributed by atoms with E-state index in [1.54, 1.807) is 0 Å². The van der Waals surface area contributed by atoms with Crippen molar-refractivity contribution in [3.05, 3.63) is 0 Å². The Morgan fingerprint density at radius 3 is 2.36 bits per heavy atom. The number of carbonyl (C=O) groups excluding carboxylic acids is 2. The quantitative estimate of drug-likeness (QED) is 0.462. The molecule has 0 amide bonds. The van der Waals surface area contributed by atoms with Crippen LogP contribution in [0.4, 0.5) is 0 Å². The molecule has 11 heavy (non-hydrogen) atoms. The number of rotatable bonds is 4. The maximum atomic E-state index is 10.4. The Morgan fingerprint density at radius 2 is 2.09 bits per heavy atom. The number of methoxy groups -OCH3 is 1. The molecule has 0 heterocycles. The van der Waals surface area contributed by atoms with Crippen molar-refractivity contribution in [2.24, 2.45) is 0 Å². The SMILES string of the molecule is COC(COC(C)=O)C(=O)Cl. The van der Waals surface area contributed by atoms with Gasteiger partial charge in [-0.15, -0.1) is 0 Å². The minimum absolute atomic E-state index is 0.131. The van der Waals surface area contributed by atoms with Gasteiger partial charge in [0, 0.05) is 14.0 Å². The van der Waals surface area contributed by atoms with Crippen molar-refractivity contribution >= 4 is 22.8 Å². The summed E-state index contributed by atoms with van der Waals surface area (Å²) in [6.45, 7) is 1.11. The van der Waals surface area contributed by atoms with Crippen LogP contribution in [0.25, 0.3) is 0 Å². The van der Waals surface area contributed by atoms with Crippen LogP contribution in [0.3, 0.4) is 0 Å². The second kappa shape index (κ2) is 5.09. The van der Waals surface area contributed by atoms with Crippen LogP contribution in [0, 0.1) is 0 Å². The van der Waals surface area contributed by atoms with E-state index in [2.05, 4.69) is 9.47 Å². The molecule has 0 rings (SSSR count). The summed E-state index contributed by atoms with van der Waals surface area (Å²) in [5, 5.41) is -0.672. The summed E-state index contributed by atoms with van der Waals surface area (Å²) in [6.07, 6.45) is -0.861. The van der Waals surface area contributed by atoms with Gasteiger partial charge in [0.15, 0.2) is 6.10 Å². The zero-order chi connectivity index (χ0) is 8.85. The number of halogens is 1. The van der Waals surface area contributed by atoms with Gasteiger partial charge in [-0.05, 0) is 11.6 Å². The Morgan fingerprint density at radius 1 is 1.55 bits per heavy atom. The van der Waals surface area contributed by atoms with E-state index in [1.165, 1.54) is 14.0 Å². The third-order valence-corrected chi connectivity index (χ3v) is 1.22. The normalized spacial score (nSPS) is 12.3. The number of carbonyl (C=O) groups is 2. The molecule has 0 spiro atoms. The zero-order valence-corrected chi connectivity index (χ0v) is 7.05. The summed E-state index contributed by atoms with van der Waals surface area (Å²) < 4.78 is 9.09. The van der Waals surface area contributed by atoms with Crippen LogP contribution in [0.2, 0.25) is 0 Å². The van der Waals surface area contributed by atoms with Gasteiger partial charge in [0.2, 0.25) is 0 Å². The molecule has 64 valence electrons. The molecule has 0 aliphatic carbocycles. The first-order chi connectivity index (χ1) is 5.07. The standard InChI is InChI=1S/C6H9ClO4/c1-4(8)11-3-5(10-2)6(7)9/h5H,3H2,1-2H3. The molecule has 1 atom stereocenters. The average Bonchev–Trinajstić information content (AvgIpc) is 1.87. The monoisotopic (exact) mass is 180 g/mol. The fraction of sp³-hybridized carbons (Fsp3) is 0.667. The minimum atomic E-state index is -0.861. The Balaban J connectivity index is 3.70. The molecule has 1 unspecified atom stereocenters. The molecule has 0 aliphatic heterocycles. The van der Waals surface area contributed by atoms with E-state index in [1.807, 2.05) is 0 Å². The Kier molecular flexibility index (Phi) is 4.81. The summed E-state index contributed by atoms with van der Waals surface area (Å²) in [4.78, 5) is 20.7. The van der Waals surface area contributed by atoms with Gasteiger partial charge in [0.1, 0.15) is 6.61 Å². The molecule has 0 aromatic carbocycles. The summed E-state index contributed by atoms with van der Waals surface area (Å²) in [5.74, 6) is -0.468. The third kappa shape index (κ3) is 4.75. The summed E-state index contributed by atoms with van der Waals surface area (Å²) in [6, 6.07) is 0. The van der Waals surface area contributed by atoms with Gasteiger partial charge in [-0.3, -0.25) is 9.59 Å². The highest BCUT2D eigenvalue weighted by Gasteiger charge is 2.16. The smallest absolute Gasteiger partial charge is 0.302 e. The number of ether oxygens (including phenoxy) is 2. The fourth-order valence-corrected chi connectivity index (χ4v) is 0.571. The van der Waals surface area contributed by atoms with Gasteiger partial charge < -0.3 is 9.47 Å². The Labute approximate surface area is 69.4 Å². The predicted octanol–water partition coefficient (Wildman–Crippen LogP) is 0.330. The Hall–Kier alpha value is -0.610. The lowest BCUT2D eigenvalue weighted by molar-refractivity contribution is -0.146. The first-order valence-corrected chi connectivity index (χ1v) is 3.31. The maximum Gasteiger partial charge on any atom is 0.302 e. The molecule has 0 fully saturated rings. The molecule has 0 N–H and O–H groups in total. The lowest BCUT2D eigenvalue weighted by Gasteiger charge is -2.09. The summed E-state index contributed by atoms with van der Waals surface area (Å²) in [7, 11) is 1.31. The van der Waals surface area contributed by atoms with Crippen molar-refractivity contribution in [1.29, 1.82) is 0 Å².